The lowest BCUT2D eigenvalue weighted by Gasteiger charge is -1.97. The molecule has 1 aromatic rings. The summed E-state index contributed by atoms with van der Waals surface area (Å²) < 4.78 is 1.02. The van der Waals surface area contributed by atoms with Crippen molar-refractivity contribution in [1.29, 1.82) is 0 Å². The van der Waals surface area contributed by atoms with Crippen molar-refractivity contribution in [1.82, 2.24) is 0 Å². The van der Waals surface area contributed by atoms with Crippen molar-refractivity contribution >= 4 is 15.9 Å². The largest absolute Gasteiger partial charge is 0.0978 e. The molecule has 1 aromatic carbocycles. The molecule has 0 atom stereocenters. The highest BCUT2D eigenvalue weighted by Crippen LogP contribution is 2.14. The quantitative estimate of drug-likeness (QED) is 0.256. The van der Waals surface area contributed by atoms with Crippen molar-refractivity contribution in [2.45, 2.75) is 13.3 Å². The van der Waals surface area contributed by atoms with Gasteiger partial charge in [-0.3, -0.25) is 0 Å². The van der Waals surface area contributed by atoms with E-state index < -0.39 is 0 Å². The Kier molecular flexibility index (Phi) is 4.76. The second-order valence-electron chi connectivity index (χ2n) is 2.97. The van der Waals surface area contributed by atoms with Crippen LogP contribution in [0.1, 0.15) is 17.5 Å². The average molecular weight is 264 g/mol. The van der Waals surface area contributed by atoms with Gasteiger partial charge in [0.1, 0.15) is 0 Å². The van der Waals surface area contributed by atoms with Crippen molar-refractivity contribution in [3.8, 4) is 11.8 Å². The molecule has 3 nitrogen and oxygen atoms in total. The maximum absolute atomic E-state index is 8.07. The molecule has 0 unspecified atom stereocenters. The van der Waals surface area contributed by atoms with E-state index in [0.717, 1.165) is 15.6 Å². The van der Waals surface area contributed by atoms with Crippen molar-refractivity contribution < 1.29 is 0 Å². The first kappa shape index (κ1) is 11.6. The van der Waals surface area contributed by atoms with Crippen LogP contribution in [0, 0.1) is 18.8 Å². The average Bonchev–Trinajstić information content (AvgIpc) is 2.23. The molecular weight excluding hydrogens is 254 g/mol. The number of azide groups is 1. The summed E-state index contributed by atoms with van der Waals surface area (Å²) in [6.07, 6.45) is 0.593. The molecule has 0 saturated heterocycles. The first-order valence-corrected chi connectivity index (χ1v) is 5.29. The third-order valence-electron chi connectivity index (χ3n) is 1.82. The lowest BCUT2D eigenvalue weighted by Crippen LogP contribution is -1.82. The predicted octanol–water partition coefficient (Wildman–Crippen LogP) is 3.81. The maximum Gasteiger partial charge on any atom is 0.0367 e. The third-order valence-corrected chi connectivity index (χ3v) is 2.32. The van der Waals surface area contributed by atoms with Gasteiger partial charge >= 0.3 is 0 Å². The van der Waals surface area contributed by atoms with Crippen LogP contribution in [-0.4, -0.2) is 6.54 Å². The Balaban J connectivity index is 2.70. The minimum absolute atomic E-state index is 0.427. The summed E-state index contributed by atoms with van der Waals surface area (Å²) in [5.41, 5.74) is 10.2. The zero-order valence-electron chi connectivity index (χ0n) is 8.37. The van der Waals surface area contributed by atoms with Gasteiger partial charge in [0.2, 0.25) is 0 Å². The van der Waals surface area contributed by atoms with Crippen LogP contribution in [0.2, 0.25) is 0 Å². The summed E-state index contributed by atoms with van der Waals surface area (Å²) in [5.74, 6) is 6.02. The first-order valence-electron chi connectivity index (χ1n) is 4.50. The zero-order chi connectivity index (χ0) is 11.1. The minimum atomic E-state index is 0.427. The molecule has 0 aliphatic rings. The number of aryl methyl sites for hydroxylation is 1. The molecular formula is C11H10BrN3. The summed E-state index contributed by atoms with van der Waals surface area (Å²) in [7, 11) is 0. The normalized spacial score (nSPS) is 8.67. The summed E-state index contributed by atoms with van der Waals surface area (Å²) >= 11 is 3.40. The molecule has 0 fully saturated rings. The Morgan fingerprint density at radius 2 is 2.33 bits per heavy atom. The van der Waals surface area contributed by atoms with E-state index in [1.165, 1.54) is 0 Å². The van der Waals surface area contributed by atoms with Gasteiger partial charge in [-0.15, -0.1) is 0 Å². The van der Waals surface area contributed by atoms with Gasteiger partial charge in [0.05, 0.1) is 0 Å². The number of rotatable bonds is 2. The highest BCUT2D eigenvalue weighted by Gasteiger charge is 1.94. The Morgan fingerprint density at radius 3 is 3.07 bits per heavy atom. The number of nitrogens with zero attached hydrogens (tertiary/aromatic N) is 3. The predicted molar refractivity (Wildman–Crippen MR) is 64.4 cm³/mol. The molecule has 0 N–H and O–H groups in total. The monoisotopic (exact) mass is 263 g/mol. The van der Waals surface area contributed by atoms with Crippen LogP contribution in [0.3, 0.4) is 0 Å². The van der Waals surface area contributed by atoms with E-state index in [4.69, 9.17) is 5.53 Å². The topological polar surface area (TPSA) is 48.8 Å². The van der Waals surface area contributed by atoms with Crippen LogP contribution >= 0.6 is 15.9 Å². The SMILES string of the molecule is Cc1ccc(Br)cc1C#CCCN=[N+]=[N-]. The van der Waals surface area contributed by atoms with Crippen LogP contribution < -0.4 is 0 Å². The molecule has 0 saturated carbocycles. The second kappa shape index (κ2) is 6.13. The summed E-state index contributed by atoms with van der Waals surface area (Å²) in [6, 6.07) is 5.98. The molecule has 0 aliphatic heterocycles. The van der Waals surface area contributed by atoms with Crippen molar-refractivity contribution in [3.05, 3.63) is 44.2 Å². The summed E-state index contributed by atoms with van der Waals surface area (Å²) in [6.45, 7) is 2.44. The Bertz CT molecular complexity index is 451. The van der Waals surface area contributed by atoms with E-state index in [-0.39, 0.29) is 0 Å². The van der Waals surface area contributed by atoms with E-state index in [1.54, 1.807) is 0 Å². The molecule has 0 aliphatic carbocycles. The van der Waals surface area contributed by atoms with Gasteiger partial charge in [0.15, 0.2) is 0 Å². The van der Waals surface area contributed by atoms with E-state index in [9.17, 15) is 0 Å². The van der Waals surface area contributed by atoms with Crippen LogP contribution in [-0.2, 0) is 0 Å². The third kappa shape index (κ3) is 4.07. The van der Waals surface area contributed by atoms with Crippen LogP contribution in [0.5, 0.6) is 0 Å². The van der Waals surface area contributed by atoms with Crippen LogP contribution in [0.15, 0.2) is 27.8 Å². The smallest absolute Gasteiger partial charge is 0.0367 e. The van der Waals surface area contributed by atoms with E-state index in [2.05, 4.69) is 37.8 Å². The maximum atomic E-state index is 8.07. The zero-order valence-corrected chi connectivity index (χ0v) is 9.95. The van der Waals surface area contributed by atoms with E-state index in [1.807, 2.05) is 25.1 Å². The highest BCUT2D eigenvalue weighted by atomic mass is 79.9. The van der Waals surface area contributed by atoms with E-state index in [0.29, 0.717) is 13.0 Å². The number of benzene rings is 1. The lowest BCUT2D eigenvalue weighted by atomic mass is 10.1. The summed E-state index contributed by atoms with van der Waals surface area (Å²) in [5, 5.41) is 3.41. The standard InChI is InChI=1S/C11H10BrN3/c1-9-5-6-11(12)8-10(9)4-2-3-7-14-15-13/h5-6,8H,3,7H2,1H3. The molecule has 15 heavy (non-hydrogen) atoms. The van der Waals surface area contributed by atoms with Gasteiger partial charge in [-0.05, 0) is 30.2 Å². The molecule has 1 rings (SSSR count). The van der Waals surface area contributed by atoms with Gasteiger partial charge < -0.3 is 0 Å². The minimum Gasteiger partial charge on any atom is -0.0978 e. The number of hydrogen-bond donors (Lipinski definition) is 0. The number of halogens is 1. The fourth-order valence-corrected chi connectivity index (χ4v) is 1.40. The molecule has 0 bridgehead atoms. The fraction of sp³-hybridized carbons (Fsp3) is 0.273. The molecule has 0 heterocycles. The lowest BCUT2D eigenvalue weighted by molar-refractivity contribution is 1.01. The van der Waals surface area contributed by atoms with Gasteiger partial charge in [-0.2, -0.15) is 0 Å². The van der Waals surface area contributed by atoms with Gasteiger partial charge in [-0.1, -0.05) is 39.0 Å². The number of hydrogen-bond acceptors (Lipinski definition) is 1. The van der Waals surface area contributed by atoms with Crippen molar-refractivity contribution in [2.75, 3.05) is 6.54 Å². The van der Waals surface area contributed by atoms with Gasteiger partial charge in [0, 0.05) is 27.9 Å². The Hall–Kier alpha value is -1.43. The first-order chi connectivity index (χ1) is 7.24. The summed E-state index contributed by atoms with van der Waals surface area (Å²) in [4.78, 5) is 2.66. The van der Waals surface area contributed by atoms with Gasteiger partial charge in [-0.25, -0.2) is 0 Å². The molecule has 0 radical (unpaired) electrons. The molecule has 4 heteroatoms. The highest BCUT2D eigenvalue weighted by molar-refractivity contribution is 9.10. The molecule has 0 spiro atoms. The molecule has 0 amide bonds. The van der Waals surface area contributed by atoms with Crippen molar-refractivity contribution in [3.63, 3.8) is 0 Å². The second-order valence-corrected chi connectivity index (χ2v) is 3.88. The van der Waals surface area contributed by atoms with Crippen LogP contribution in [0.4, 0.5) is 0 Å². The molecule has 0 aromatic heterocycles. The van der Waals surface area contributed by atoms with Gasteiger partial charge in [0.25, 0.3) is 0 Å². The fourth-order valence-electron chi connectivity index (χ4n) is 1.04. The van der Waals surface area contributed by atoms with E-state index >= 15 is 0 Å². The van der Waals surface area contributed by atoms with Crippen molar-refractivity contribution in [2.24, 2.45) is 5.11 Å². The van der Waals surface area contributed by atoms with Crippen LogP contribution in [0.25, 0.3) is 10.4 Å². The Morgan fingerprint density at radius 1 is 1.53 bits per heavy atom. The molecule has 76 valence electrons. The Labute approximate surface area is 97.3 Å².